The van der Waals surface area contributed by atoms with Gasteiger partial charge in [-0.15, -0.1) is 0 Å². The van der Waals surface area contributed by atoms with E-state index in [1.165, 1.54) is 12.8 Å². The van der Waals surface area contributed by atoms with Crippen LogP contribution < -0.4 is 5.32 Å². The largest absolute Gasteiger partial charge is 0.390 e. The van der Waals surface area contributed by atoms with Crippen molar-refractivity contribution >= 4 is 0 Å². The van der Waals surface area contributed by atoms with Crippen LogP contribution in [0.3, 0.4) is 0 Å². The van der Waals surface area contributed by atoms with E-state index in [2.05, 4.69) is 5.32 Å². The number of fused-ring (bicyclic) bond motifs is 2. The fraction of sp³-hybridized carbons (Fsp3) is 1.00. The van der Waals surface area contributed by atoms with E-state index in [0.717, 1.165) is 13.1 Å². The Morgan fingerprint density at radius 3 is 2.20 bits per heavy atom. The zero-order valence-electron chi connectivity index (χ0n) is 6.43. The first-order valence-corrected chi connectivity index (χ1v) is 4.14. The first-order chi connectivity index (χ1) is 4.71. The molecule has 2 bridgehead atoms. The lowest BCUT2D eigenvalue weighted by Gasteiger charge is -2.36. The van der Waals surface area contributed by atoms with Gasteiger partial charge in [-0.25, -0.2) is 0 Å². The predicted molar refractivity (Wildman–Crippen MR) is 39.7 cm³/mol. The molecule has 0 spiro atoms. The van der Waals surface area contributed by atoms with Crippen LogP contribution in [-0.2, 0) is 0 Å². The van der Waals surface area contributed by atoms with Crippen LogP contribution in [0.1, 0.15) is 19.8 Å². The van der Waals surface area contributed by atoms with Gasteiger partial charge in [0.15, 0.2) is 0 Å². The van der Waals surface area contributed by atoms with Crippen molar-refractivity contribution in [2.75, 3.05) is 13.1 Å². The minimum atomic E-state index is -0.356. The number of hydrogen-bond donors (Lipinski definition) is 2. The molecule has 0 radical (unpaired) electrons. The molecule has 1 saturated heterocycles. The predicted octanol–water partition coefficient (Wildman–Crippen LogP) is 0.367. The van der Waals surface area contributed by atoms with Gasteiger partial charge in [0.25, 0.3) is 0 Å². The van der Waals surface area contributed by atoms with Gasteiger partial charge in [-0.3, -0.25) is 0 Å². The maximum Gasteiger partial charge on any atom is 0.0700 e. The fourth-order valence-electron chi connectivity index (χ4n) is 2.37. The topological polar surface area (TPSA) is 32.3 Å². The van der Waals surface area contributed by atoms with Crippen molar-refractivity contribution in [3.05, 3.63) is 0 Å². The van der Waals surface area contributed by atoms with Crippen LogP contribution in [0.15, 0.2) is 0 Å². The molecule has 3 atom stereocenters. The van der Waals surface area contributed by atoms with Gasteiger partial charge in [0, 0.05) is 24.9 Å². The van der Waals surface area contributed by atoms with E-state index in [4.69, 9.17) is 0 Å². The molecule has 0 aromatic heterocycles. The lowest BCUT2D eigenvalue weighted by molar-refractivity contribution is -0.0342. The van der Waals surface area contributed by atoms with E-state index in [1.54, 1.807) is 0 Å². The third-order valence-electron chi connectivity index (χ3n) is 3.30. The molecule has 2 fully saturated rings. The van der Waals surface area contributed by atoms with Crippen molar-refractivity contribution < 1.29 is 5.11 Å². The third kappa shape index (κ3) is 0.722. The smallest absolute Gasteiger partial charge is 0.0700 e. The van der Waals surface area contributed by atoms with Gasteiger partial charge >= 0.3 is 0 Å². The second-order valence-corrected chi connectivity index (χ2v) is 3.86. The number of piperidine rings is 1. The van der Waals surface area contributed by atoms with Crippen molar-refractivity contribution in [2.24, 2.45) is 11.8 Å². The molecule has 0 amide bonds. The molecule has 2 nitrogen and oxygen atoms in total. The molecule has 2 rings (SSSR count). The second kappa shape index (κ2) is 1.95. The highest BCUT2D eigenvalue weighted by atomic mass is 16.3. The zero-order chi connectivity index (χ0) is 7.19. The SMILES string of the molecule is C[C@]1(O)[C@@H]2CC[C@H]1CNC2. The molecule has 0 aromatic carbocycles. The third-order valence-corrected chi connectivity index (χ3v) is 3.30. The molecule has 2 heteroatoms. The summed E-state index contributed by atoms with van der Waals surface area (Å²) in [5.74, 6) is 1.04. The van der Waals surface area contributed by atoms with Crippen LogP contribution in [0, 0.1) is 11.8 Å². The van der Waals surface area contributed by atoms with E-state index in [0.29, 0.717) is 11.8 Å². The lowest BCUT2D eigenvalue weighted by Crippen LogP contribution is -2.50. The summed E-state index contributed by atoms with van der Waals surface area (Å²) in [4.78, 5) is 0. The summed E-state index contributed by atoms with van der Waals surface area (Å²) >= 11 is 0. The molecular formula is C8H15NO. The van der Waals surface area contributed by atoms with Crippen molar-refractivity contribution in [2.45, 2.75) is 25.4 Å². The summed E-state index contributed by atoms with van der Waals surface area (Å²) in [6.45, 7) is 4.03. The molecule has 0 aromatic rings. The Labute approximate surface area is 61.6 Å². The standard InChI is InChI=1S/C8H15NO/c1-8(10)6-2-3-7(8)5-9-4-6/h6-7,9-10H,2-5H2,1H3/t6-,7+,8+. The van der Waals surface area contributed by atoms with Crippen LogP contribution in [0.4, 0.5) is 0 Å². The molecule has 1 heterocycles. The van der Waals surface area contributed by atoms with Crippen molar-refractivity contribution in [3.63, 3.8) is 0 Å². The van der Waals surface area contributed by atoms with E-state index in [-0.39, 0.29) is 5.60 Å². The summed E-state index contributed by atoms with van der Waals surface area (Å²) in [5.41, 5.74) is -0.356. The van der Waals surface area contributed by atoms with Gasteiger partial charge in [0.1, 0.15) is 0 Å². The Bertz CT molecular complexity index is 126. The molecule has 0 unspecified atom stereocenters. The molecule has 58 valence electrons. The van der Waals surface area contributed by atoms with E-state index in [1.807, 2.05) is 6.92 Å². The molecular weight excluding hydrogens is 126 g/mol. The summed E-state index contributed by atoms with van der Waals surface area (Å²) in [7, 11) is 0. The Hall–Kier alpha value is -0.0800. The maximum absolute atomic E-state index is 9.93. The van der Waals surface area contributed by atoms with Gasteiger partial charge < -0.3 is 10.4 Å². The number of rotatable bonds is 0. The van der Waals surface area contributed by atoms with Crippen molar-refractivity contribution in [3.8, 4) is 0 Å². The highest BCUT2D eigenvalue weighted by Gasteiger charge is 2.47. The second-order valence-electron chi connectivity index (χ2n) is 3.86. The molecule has 1 aliphatic heterocycles. The van der Waals surface area contributed by atoms with Gasteiger partial charge in [-0.1, -0.05) is 0 Å². The molecule has 1 aliphatic carbocycles. The van der Waals surface area contributed by atoms with Crippen LogP contribution in [0.25, 0.3) is 0 Å². The number of nitrogens with one attached hydrogen (secondary N) is 1. The van der Waals surface area contributed by atoms with Gasteiger partial charge in [0.2, 0.25) is 0 Å². The summed E-state index contributed by atoms with van der Waals surface area (Å²) in [6.07, 6.45) is 2.43. The van der Waals surface area contributed by atoms with Gasteiger partial charge in [-0.2, -0.15) is 0 Å². The van der Waals surface area contributed by atoms with Crippen LogP contribution >= 0.6 is 0 Å². The minimum absolute atomic E-state index is 0.356. The summed E-state index contributed by atoms with van der Waals surface area (Å²) < 4.78 is 0. The monoisotopic (exact) mass is 141 g/mol. The normalized spacial score (nSPS) is 53.4. The lowest BCUT2D eigenvalue weighted by atomic mass is 9.83. The summed E-state index contributed by atoms with van der Waals surface area (Å²) in [5, 5.41) is 13.3. The highest BCUT2D eigenvalue weighted by molar-refractivity contribution is 5.00. The molecule has 2 N–H and O–H groups in total. The Morgan fingerprint density at radius 1 is 1.30 bits per heavy atom. The Balaban J connectivity index is 2.21. The number of hydrogen-bond acceptors (Lipinski definition) is 2. The molecule has 2 aliphatic rings. The summed E-state index contributed by atoms with van der Waals surface area (Å²) in [6, 6.07) is 0. The Morgan fingerprint density at radius 2 is 1.80 bits per heavy atom. The van der Waals surface area contributed by atoms with Gasteiger partial charge in [0.05, 0.1) is 5.60 Å². The fourth-order valence-corrected chi connectivity index (χ4v) is 2.37. The quantitative estimate of drug-likeness (QED) is 0.510. The first-order valence-electron chi connectivity index (χ1n) is 4.14. The number of aliphatic hydroxyl groups is 1. The average Bonchev–Trinajstić information content (AvgIpc) is 2.17. The first kappa shape index (κ1) is 6.62. The van der Waals surface area contributed by atoms with Gasteiger partial charge in [-0.05, 0) is 19.8 Å². The van der Waals surface area contributed by atoms with Crippen molar-refractivity contribution in [1.82, 2.24) is 5.32 Å². The molecule has 1 saturated carbocycles. The highest BCUT2D eigenvalue weighted by Crippen LogP contribution is 2.41. The maximum atomic E-state index is 9.93. The Kier molecular flexibility index (Phi) is 1.29. The van der Waals surface area contributed by atoms with Crippen molar-refractivity contribution in [1.29, 1.82) is 0 Å². The molecule has 10 heavy (non-hydrogen) atoms. The van der Waals surface area contributed by atoms with E-state index in [9.17, 15) is 5.11 Å². The minimum Gasteiger partial charge on any atom is -0.390 e. The average molecular weight is 141 g/mol. The van der Waals surface area contributed by atoms with Crippen LogP contribution in [-0.4, -0.2) is 23.8 Å². The van der Waals surface area contributed by atoms with Crippen LogP contribution in [0.5, 0.6) is 0 Å². The van der Waals surface area contributed by atoms with Crippen LogP contribution in [0.2, 0.25) is 0 Å². The zero-order valence-corrected chi connectivity index (χ0v) is 6.43. The van der Waals surface area contributed by atoms with E-state index < -0.39 is 0 Å². The van der Waals surface area contributed by atoms with E-state index >= 15 is 0 Å².